The maximum absolute atomic E-state index is 10.6. The molecule has 0 heterocycles. The average molecular weight is 236 g/mol. The maximum Gasteiger partial charge on any atom is 0.303 e. The number of phenolic OH excluding ortho intramolecular Hbond substituents is 1. The molecular formula is C14H20O3. The van der Waals surface area contributed by atoms with Crippen molar-refractivity contribution < 1.29 is 15.0 Å². The Morgan fingerprint density at radius 1 is 1.29 bits per heavy atom. The second-order valence-corrected chi connectivity index (χ2v) is 5.44. The van der Waals surface area contributed by atoms with Crippen LogP contribution in [-0.4, -0.2) is 16.2 Å². The molecule has 0 saturated carbocycles. The molecule has 0 radical (unpaired) electrons. The first-order valence-corrected chi connectivity index (χ1v) is 5.76. The summed E-state index contributed by atoms with van der Waals surface area (Å²) in [5.74, 6) is -0.623. The number of aliphatic carboxylic acids is 1. The van der Waals surface area contributed by atoms with Crippen molar-refractivity contribution in [1.82, 2.24) is 0 Å². The van der Waals surface area contributed by atoms with Gasteiger partial charge in [-0.15, -0.1) is 0 Å². The van der Waals surface area contributed by atoms with Crippen LogP contribution in [0.3, 0.4) is 0 Å². The Labute approximate surface area is 102 Å². The summed E-state index contributed by atoms with van der Waals surface area (Å²) in [6, 6.07) is 3.87. The lowest BCUT2D eigenvalue weighted by molar-refractivity contribution is -0.136. The fourth-order valence-corrected chi connectivity index (χ4v) is 1.72. The van der Waals surface area contributed by atoms with Crippen LogP contribution in [0, 0.1) is 6.92 Å². The van der Waals surface area contributed by atoms with Gasteiger partial charge in [0.2, 0.25) is 0 Å². The van der Waals surface area contributed by atoms with Gasteiger partial charge in [0.25, 0.3) is 0 Å². The number of rotatable bonds is 3. The Morgan fingerprint density at radius 3 is 2.35 bits per heavy atom. The van der Waals surface area contributed by atoms with E-state index < -0.39 is 5.97 Å². The van der Waals surface area contributed by atoms with E-state index in [1.54, 1.807) is 0 Å². The lowest BCUT2D eigenvalue weighted by atomic mass is 9.84. The molecule has 17 heavy (non-hydrogen) atoms. The van der Waals surface area contributed by atoms with Gasteiger partial charge in [0, 0.05) is 6.42 Å². The fraction of sp³-hybridized carbons (Fsp3) is 0.500. The molecule has 0 atom stereocenters. The molecule has 0 unspecified atom stereocenters. The van der Waals surface area contributed by atoms with E-state index in [1.807, 2.05) is 19.1 Å². The summed E-state index contributed by atoms with van der Waals surface area (Å²) in [7, 11) is 0. The van der Waals surface area contributed by atoms with E-state index in [0.717, 1.165) is 16.7 Å². The first kappa shape index (κ1) is 13.6. The SMILES string of the molecule is Cc1cc(C(C)(C)C)cc(CCC(=O)O)c1O. The van der Waals surface area contributed by atoms with E-state index in [9.17, 15) is 9.90 Å². The molecule has 0 aromatic heterocycles. The molecule has 0 saturated heterocycles. The van der Waals surface area contributed by atoms with Crippen LogP contribution in [0.5, 0.6) is 5.75 Å². The minimum Gasteiger partial charge on any atom is -0.507 e. The van der Waals surface area contributed by atoms with E-state index in [4.69, 9.17) is 5.11 Å². The highest BCUT2D eigenvalue weighted by Crippen LogP contribution is 2.31. The standard InChI is InChI=1S/C14H20O3/c1-9-7-11(14(2,3)4)8-10(13(9)17)5-6-12(15)16/h7-8,17H,5-6H2,1-4H3,(H,15,16). The Kier molecular flexibility index (Phi) is 3.81. The molecule has 0 amide bonds. The van der Waals surface area contributed by atoms with Gasteiger partial charge in [0.05, 0.1) is 0 Å². The highest BCUT2D eigenvalue weighted by atomic mass is 16.4. The van der Waals surface area contributed by atoms with E-state index in [1.165, 1.54) is 0 Å². The molecule has 0 fully saturated rings. The van der Waals surface area contributed by atoms with Crippen LogP contribution < -0.4 is 0 Å². The Balaban J connectivity index is 3.11. The predicted octanol–water partition coefficient (Wildman–Crippen LogP) is 3.02. The maximum atomic E-state index is 10.6. The van der Waals surface area contributed by atoms with Gasteiger partial charge >= 0.3 is 5.97 Å². The van der Waals surface area contributed by atoms with E-state index in [2.05, 4.69) is 20.8 Å². The first-order valence-electron chi connectivity index (χ1n) is 5.76. The van der Waals surface area contributed by atoms with Crippen molar-refractivity contribution >= 4 is 5.97 Å². The third kappa shape index (κ3) is 3.48. The highest BCUT2D eigenvalue weighted by molar-refractivity contribution is 5.67. The van der Waals surface area contributed by atoms with Crippen molar-refractivity contribution in [3.05, 3.63) is 28.8 Å². The number of carbonyl (C=O) groups is 1. The Bertz CT molecular complexity index is 428. The van der Waals surface area contributed by atoms with Crippen molar-refractivity contribution in [3.63, 3.8) is 0 Å². The summed E-state index contributed by atoms with van der Waals surface area (Å²) >= 11 is 0. The van der Waals surface area contributed by atoms with Gasteiger partial charge in [-0.3, -0.25) is 4.79 Å². The van der Waals surface area contributed by atoms with Gasteiger partial charge < -0.3 is 10.2 Å². The van der Waals surface area contributed by atoms with Gasteiger partial charge in [-0.2, -0.15) is 0 Å². The average Bonchev–Trinajstić information content (AvgIpc) is 2.18. The van der Waals surface area contributed by atoms with Crippen LogP contribution in [0.1, 0.15) is 43.9 Å². The topological polar surface area (TPSA) is 57.5 Å². The minimum atomic E-state index is -0.844. The monoisotopic (exact) mass is 236 g/mol. The van der Waals surface area contributed by atoms with Crippen molar-refractivity contribution in [3.8, 4) is 5.75 Å². The van der Waals surface area contributed by atoms with Crippen LogP contribution in [0.4, 0.5) is 0 Å². The Hall–Kier alpha value is -1.51. The second kappa shape index (κ2) is 4.78. The summed E-state index contributed by atoms with van der Waals surface area (Å²) in [5, 5.41) is 18.6. The highest BCUT2D eigenvalue weighted by Gasteiger charge is 2.17. The fourth-order valence-electron chi connectivity index (χ4n) is 1.72. The Morgan fingerprint density at radius 2 is 1.88 bits per heavy atom. The zero-order valence-electron chi connectivity index (χ0n) is 10.9. The molecule has 1 aromatic carbocycles. The molecular weight excluding hydrogens is 216 g/mol. The molecule has 94 valence electrons. The lowest BCUT2D eigenvalue weighted by Crippen LogP contribution is -2.12. The number of benzene rings is 1. The van der Waals surface area contributed by atoms with Crippen molar-refractivity contribution in [1.29, 1.82) is 0 Å². The third-order valence-corrected chi connectivity index (χ3v) is 2.85. The van der Waals surface area contributed by atoms with Crippen LogP contribution in [0.25, 0.3) is 0 Å². The number of aryl methyl sites for hydroxylation is 2. The molecule has 0 aliphatic heterocycles. The minimum absolute atomic E-state index is 0.00354. The summed E-state index contributed by atoms with van der Waals surface area (Å²) in [6.07, 6.45) is 0.409. The van der Waals surface area contributed by atoms with E-state index >= 15 is 0 Å². The number of carboxylic acids is 1. The molecule has 0 spiro atoms. The van der Waals surface area contributed by atoms with Crippen LogP contribution >= 0.6 is 0 Å². The molecule has 0 bridgehead atoms. The van der Waals surface area contributed by atoms with Gasteiger partial charge in [0.1, 0.15) is 5.75 Å². The zero-order valence-corrected chi connectivity index (χ0v) is 10.9. The largest absolute Gasteiger partial charge is 0.507 e. The molecule has 2 N–H and O–H groups in total. The quantitative estimate of drug-likeness (QED) is 0.848. The van der Waals surface area contributed by atoms with Gasteiger partial charge in [0.15, 0.2) is 0 Å². The normalized spacial score (nSPS) is 11.5. The molecule has 0 aliphatic carbocycles. The second-order valence-electron chi connectivity index (χ2n) is 5.44. The molecule has 3 heteroatoms. The van der Waals surface area contributed by atoms with Crippen molar-refractivity contribution in [2.75, 3.05) is 0 Å². The molecule has 0 aliphatic rings. The molecule has 1 aromatic rings. The van der Waals surface area contributed by atoms with E-state index in [0.29, 0.717) is 6.42 Å². The number of aromatic hydroxyl groups is 1. The number of phenols is 1. The van der Waals surface area contributed by atoms with Crippen molar-refractivity contribution in [2.45, 2.75) is 46.0 Å². The van der Waals surface area contributed by atoms with E-state index in [-0.39, 0.29) is 17.6 Å². The van der Waals surface area contributed by atoms with Gasteiger partial charge in [-0.1, -0.05) is 32.9 Å². The number of hydrogen-bond donors (Lipinski definition) is 2. The van der Waals surface area contributed by atoms with Crippen LogP contribution in [0.2, 0.25) is 0 Å². The molecule has 3 nitrogen and oxygen atoms in total. The zero-order chi connectivity index (χ0) is 13.2. The summed E-state index contributed by atoms with van der Waals surface area (Å²) in [5.41, 5.74) is 2.64. The number of hydrogen-bond acceptors (Lipinski definition) is 2. The third-order valence-electron chi connectivity index (χ3n) is 2.85. The molecule has 1 rings (SSSR count). The smallest absolute Gasteiger partial charge is 0.303 e. The summed E-state index contributed by atoms with van der Waals surface area (Å²) in [4.78, 5) is 10.6. The van der Waals surface area contributed by atoms with Gasteiger partial charge in [-0.05, 0) is 35.4 Å². The lowest BCUT2D eigenvalue weighted by Gasteiger charge is -2.21. The predicted molar refractivity (Wildman–Crippen MR) is 67.5 cm³/mol. The van der Waals surface area contributed by atoms with Gasteiger partial charge in [-0.25, -0.2) is 0 Å². The first-order chi connectivity index (χ1) is 7.71. The van der Waals surface area contributed by atoms with Crippen LogP contribution in [-0.2, 0) is 16.6 Å². The summed E-state index contributed by atoms with van der Waals surface area (Å²) in [6.45, 7) is 8.13. The summed E-state index contributed by atoms with van der Waals surface area (Å²) < 4.78 is 0. The van der Waals surface area contributed by atoms with Crippen LogP contribution in [0.15, 0.2) is 12.1 Å². The number of carboxylic acid groups (broad SMARTS) is 1. The van der Waals surface area contributed by atoms with Crippen molar-refractivity contribution in [2.24, 2.45) is 0 Å².